The lowest BCUT2D eigenvalue weighted by molar-refractivity contribution is -0.124. The van der Waals surface area contributed by atoms with Crippen molar-refractivity contribution in [2.75, 3.05) is 19.8 Å². The number of halogens is 1. The second kappa shape index (κ2) is 6.58. The van der Waals surface area contributed by atoms with Gasteiger partial charge in [0.2, 0.25) is 0 Å². The molecule has 0 aromatic heterocycles. The van der Waals surface area contributed by atoms with Gasteiger partial charge in [-0.25, -0.2) is 0 Å². The van der Waals surface area contributed by atoms with Crippen LogP contribution in [-0.2, 0) is 4.79 Å². The summed E-state index contributed by atoms with van der Waals surface area (Å²) in [6.45, 7) is 0.774. The number of hydrogen-bond acceptors (Lipinski definition) is 4. The van der Waals surface area contributed by atoms with Crippen molar-refractivity contribution in [3.8, 4) is 5.75 Å². The van der Waals surface area contributed by atoms with Crippen LogP contribution in [0.3, 0.4) is 0 Å². The highest BCUT2D eigenvalue weighted by atomic mass is 35.5. The molecule has 1 atom stereocenters. The maximum Gasteiger partial charge on any atom is 0.258 e. The molecule has 1 amide bonds. The molecule has 0 saturated heterocycles. The second-order valence-electron chi connectivity index (χ2n) is 4.18. The molecule has 0 heterocycles. The molecule has 1 aromatic rings. The molecule has 0 spiro atoms. The van der Waals surface area contributed by atoms with E-state index in [1.165, 1.54) is 6.92 Å². The minimum absolute atomic E-state index is 0.0404. The number of hydrogen-bond donors (Lipinski definition) is 3. The van der Waals surface area contributed by atoms with Gasteiger partial charge in [0, 0.05) is 11.6 Å². The first-order valence-corrected chi connectivity index (χ1v) is 5.79. The van der Waals surface area contributed by atoms with E-state index in [0.717, 1.165) is 0 Å². The first kappa shape index (κ1) is 14.8. The molecule has 0 aliphatic carbocycles. The van der Waals surface area contributed by atoms with Crippen molar-refractivity contribution >= 4 is 17.5 Å². The number of amides is 1. The summed E-state index contributed by atoms with van der Waals surface area (Å²) in [6, 6.07) is 6.70. The standard InChI is InChI=1S/C12H16ClNO4/c1-12(17,8-15)7-14-11(16)6-18-10-4-2-3-9(13)5-10/h2-5,15,17H,6-8H2,1H3,(H,14,16). The topological polar surface area (TPSA) is 78.8 Å². The van der Waals surface area contributed by atoms with Crippen LogP contribution in [0.4, 0.5) is 0 Å². The summed E-state index contributed by atoms with van der Waals surface area (Å²) >= 11 is 5.76. The molecular weight excluding hydrogens is 258 g/mol. The minimum atomic E-state index is -1.33. The maximum atomic E-state index is 11.4. The molecule has 0 fully saturated rings. The number of aliphatic hydroxyl groups excluding tert-OH is 1. The summed E-state index contributed by atoms with van der Waals surface area (Å²) in [5, 5.41) is 21.2. The van der Waals surface area contributed by atoms with E-state index < -0.39 is 12.2 Å². The van der Waals surface area contributed by atoms with Gasteiger partial charge in [0.25, 0.3) is 5.91 Å². The number of ether oxygens (including phenoxy) is 1. The van der Waals surface area contributed by atoms with Crippen LogP contribution < -0.4 is 10.1 Å². The van der Waals surface area contributed by atoms with Crippen LogP contribution in [-0.4, -0.2) is 41.5 Å². The molecule has 0 bridgehead atoms. The summed E-state index contributed by atoms with van der Waals surface area (Å²) in [4.78, 5) is 11.4. The molecule has 100 valence electrons. The van der Waals surface area contributed by atoms with Crippen LogP contribution in [0.15, 0.2) is 24.3 Å². The average Bonchev–Trinajstić information content (AvgIpc) is 2.34. The lowest BCUT2D eigenvalue weighted by Crippen LogP contribution is -2.44. The zero-order valence-corrected chi connectivity index (χ0v) is 10.8. The van der Waals surface area contributed by atoms with Crippen molar-refractivity contribution in [2.24, 2.45) is 0 Å². The van der Waals surface area contributed by atoms with E-state index in [0.29, 0.717) is 10.8 Å². The molecule has 0 aliphatic heterocycles. The zero-order valence-electron chi connectivity index (χ0n) is 10.0. The Kier molecular flexibility index (Phi) is 5.40. The third-order valence-electron chi connectivity index (χ3n) is 2.17. The number of benzene rings is 1. The zero-order chi connectivity index (χ0) is 13.6. The second-order valence-corrected chi connectivity index (χ2v) is 4.61. The summed E-state index contributed by atoms with van der Waals surface area (Å²) < 4.78 is 5.21. The maximum absolute atomic E-state index is 11.4. The van der Waals surface area contributed by atoms with Gasteiger partial charge in [-0.15, -0.1) is 0 Å². The van der Waals surface area contributed by atoms with E-state index in [4.69, 9.17) is 21.4 Å². The fraction of sp³-hybridized carbons (Fsp3) is 0.417. The van der Waals surface area contributed by atoms with Gasteiger partial charge in [-0.2, -0.15) is 0 Å². The van der Waals surface area contributed by atoms with Crippen LogP contribution in [0.1, 0.15) is 6.92 Å². The Bertz CT molecular complexity index is 409. The van der Waals surface area contributed by atoms with Crippen molar-refractivity contribution in [1.29, 1.82) is 0 Å². The van der Waals surface area contributed by atoms with Crippen molar-refractivity contribution in [2.45, 2.75) is 12.5 Å². The highest BCUT2D eigenvalue weighted by Gasteiger charge is 2.19. The number of nitrogens with one attached hydrogen (secondary N) is 1. The molecular formula is C12H16ClNO4. The number of carbonyl (C=O) groups is 1. The Labute approximate surface area is 110 Å². The largest absolute Gasteiger partial charge is 0.484 e. The lowest BCUT2D eigenvalue weighted by Gasteiger charge is -2.20. The van der Waals surface area contributed by atoms with Crippen molar-refractivity contribution in [3.05, 3.63) is 29.3 Å². The first-order chi connectivity index (χ1) is 8.43. The Hall–Kier alpha value is -1.30. The van der Waals surface area contributed by atoms with E-state index in [9.17, 15) is 9.90 Å². The van der Waals surface area contributed by atoms with E-state index in [2.05, 4.69) is 5.32 Å². The molecule has 5 nitrogen and oxygen atoms in total. The van der Waals surface area contributed by atoms with Gasteiger partial charge in [-0.1, -0.05) is 17.7 Å². The Balaban J connectivity index is 2.34. The van der Waals surface area contributed by atoms with E-state index in [1.54, 1.807) is 24.3 Å². The summed E-state index contributed by atoms with van der Waals surface area (Å²) in [5.41, 5.74) is -1.33. The Morgan fingerprint density at radius 1 is 1.56 bits per heavy atom. The van der Waals surface area contributed by atoms with Gasteiger partial charge < -0.3 is 20.3 Å². The summed E-state index contributed by atoms with van der Waals surface area (Å²) in [6.07, 6.45) is 0. The molecule has 0 aliphatic rings. The van der Waals surface area contributed by atoms with E-state index in [1.807, 2.05) is 0 Å². The van der Waals surface area contributed by atoms with Gasteiger partial charge in [0.1, 0.15) is 11.4 Å². The smallest absolute Gasteiger partial charge is 0.258 e. The Morgan fingerprint density at radius 3 is 2.89 bits per heavy atom. The van der Waals surface area contributed by atoms with Crippen LogP contribution in [0.2, 0.25) is 5.02 Å². The van der Waals surface area contributed by atoms with E-state index >= 15 is 0 Å². The van der Waals surface area contributed by atoms with Crippen LogP contribution in [0.25, 0.3) is 0 Å². The highest BCUT2D eigenvalue weighted by molar-refractivity contribution is 6.30. The average molecular weight is 274 g/mol. The normalized spacial score (nSPS) is 13.8. The molecule has 18 heavy (non-hydrogen) atoms. The minimum Gasteiger partial charge on any atom is -0.484 e. The van der Waals surface area contributed by atoms with Crippen LogP contribution >= 0.6 is 11.6 Å². The number of rotatable bonds is 6. The molecule has 3 N–H and O–H groups in total. The van der Waals surface area contributed by atoms with Crippen molar-refractivity contribution in [3.63, 3.8) is 0 Å². The van der Waals surface area contributed by atoms with Gasteiger partial charge in [-0.05, 0) is 25.1 Å². The quantitative estimate of drug-likeness (QED) is 0.708. The molecule has 1 aromatic carbocycles. The molecule has 6 heteroatoms. The summed E-state index contributed by atoms with van der Waals surface area (Å²) in [7, 11) is 0. The predicted octanol–water partition coefficient (Wildman–Crippen LogP) is 0.578. The van der Waals surface area contributed by atoms with Gasteiger partial charge in [-0.3, -0.25) is 4.79 Å². The van der Waals surface area contributed by atoms with Gasteiger partial charge in [0.15, 0.2) is 6.61 Å². The lowest BCUT2D eigenvalue weighted by atomic mass is 10.1. The molecule has 0 radical (unpaired) electrons. The molecule has 1 rings (SSSR count). The molecule has 0 saturated carbocycles. The van der Waals surface area contributed by atoms with E-state index in [-0.39, 0.29) is 19.1 Å². The first-order valence-electron chi connectivity index (χ1n) is 5.41. The van der Waals surface area contributed by atoms with Crippen molar-refractivity contribution in [1.82, 2.24) is 5.32 Å². The molecule has 1 unspecified atom stereocenters. The fourth-order valence-corrected chi connectivity index (χ4v) is 1.28. The summed E-state index contributed by atoms with van der Waals surface area (Å²) in [5.74, 6) is 0.107. The third kappa shape index (κ3) is 5.35. The SMILES string of the molecule is CC(O)(CO)CNC(=O)COc1cccc(Cl)c1. The number of carbonyl (C=O) groups excluding carboxylic acids is 1. The van der Waals surface area contributed by atoms with Crippen molar-refractivity contribution < 1.29 is 19.7 Å². The van der Waals surface area contributed by atoms with Gasteiger partial charge >= 0.3 is 0 Å². The predicted molar refractivity (Wildman–Crippen MR) is 67.7 cm³/mol. The van der Waals surface area contributed by atoms with Gasteiger partial charge in [0.05, 0.1) is 6.61 Å². The van der Waals surface area contributed by atoms with Crippen LogP contribution in [0, 0.1) is 0 Å². The fourth-order valence-electron chi connectivity index (χ4n) is 1.10. The van der Waals surface area contributed by atoms with Crippen LogP contribution in [0.5, 0.6) is 5.75 Å². The monoisotopic (exact) mass is 273 g/mol. The third-order valence-corrected chi connectivity index (χ3v) is 2.41. The Morgan fingerprint density at radius 2 is 2.28 bits per heavy atom. The number of aliphatic hydroxyl groups is 2. The highest BCUT2D eigenvalue weighted by Crippen LogP contribution is 2.16.